The Morgan fingerprint density at radius 3 is 2.57 bits per heavy atom. The van der Waals surface area contributed by atoms with Crippen LogP contribution in [0.5, 0.6) is 0 Å². The van der Waals surface area contributed by atoms with Gasteiger partial charge >= 0.3 is 0 Å². The Balaban J connectivity index is 2.17. The van der Waals surface area contributed by atoms with Gasteiger partial charge in [-0.1, -0.05) is 29.8 Å². The van der Waals surface area contributed by atoms with Crippen molar-refractivity contribution < 1.29 is 0 Å². The molecule has 1 N–H and O–H groups in total. The first-order valence-electron chi connectivity index (χ1n) is 7.63. The highest BCUT2D eigenvalue weighted by molar-refractivity contribution is 5.27. The normalized spacial score (nSPS) is 13.4. The minimum absolute atomic E-state index is 0.131. The molecule has 0 aliphatic rings. The van der Waals surface area contributed by atoms with E-state index in [0.29, 0.717) is 5.92 Å². The van der Waals surface area contributed by atoms with Gasteiger partial charge in [-0.05, 0) is 45.7 Å². The zero-order valence-electron chi connectivity index (χ0n) is 13.9. The van der Waals surface area contributed by atoms with E-state index in [9.17, 15) is 0 Å². The summed E-state index contributed by atoms with van der Waals surface area (Å²) in [4.78, 5) is 0. The number of hydrogen-bond donors (Lipinski definition) is 1. The lowest BCUT2D eigenvalue weighted by Crippen LogP contribution is -2.39. The van der Waals surface area contributed by atoms with Gasteiger partial charge in [-0.25, -0.2) is 0 Å². The second-order valence-corrected chi connectivity index (χ2v) is 6.93. The third-order valence-corrected chi connectivity index (χ3v) is 3.62. The van der Waals surface area contributed by atoms with Crippen LogP contribution in [0, 0.1) is 6.92 Å². The number of aryl methyl sites for hydroxylation is 2. The van der Waals surface area contributed by atoms with Crippen LogP contribution in [-0.2, 0) is 13.5 Å². The van der Waals surface area contributed by atoms with Crippen molar-refractivity contribution in [2.75, 3.05) is 6.54 Å². The molecule has 1 heterocycles. The van der Waals surface area contributed by atoms with Gasteiger partial charge in [-0.2, -0.15) is 5.10 Å². The molecule has 114 valence electrons. The van der Waals surface area contributed by atoms with Crippen LogP contribution in [0.1, 0.15) is 43.5 Å². The average Bonchev–Trinajstić information content (AvgIpc) is 2.79. The van der Waals surface area contributed by atoms with Crippen molar-refractivity contribution in [3.8, 4) is 0 Å². The van der Waals surface area contributed by atoms with Crippen LogP contribution < -0.4 is 5.32 Å². The van der Waals surface area contributed by atoms with Crippen LogP contribution in [0.25, 0.3) is 0 Å². The monoisotopic (exact) mass is 285 g/mol. The summed E-state index contributed by atoms with van der Waals surface area (Å²) in [5.41, 5.74) is 3.98. The lowest BCUT2D eigenvalue weighted by atomic mass is 9.92. The maximum atomic E-state index is 4.53. The van der Waals surface area contributed by atoms with Gasteiger partial charge in [0.1, 0.15) is 0 Å². The molecule has 0 spiro atoms. The summed E-state index contributed by atoms with van der Waals surface area (Å²) >= 11 is 0. The van der Waals surface area contributed by atoms with Crippen LogP contribution in [-0.4, -0.2) is 21.9 Å². The molecule has 3 nitrogen and oxygen atoms in total. The van der Waals surface area contributed by atoms with E-state index in [0.717, 1.165) is 18.7 Å². The molecule has 0 aliphatic carbocycles. The summed E-state index contributed by atoms with van der Waals surface area (Å²) in [6.45, 7) is 9.74. The summed E-state index contributed by atoms with van der Waals surface area (Å²) in [6, 6.07) is 10.9. The molecule has 0 fully saturated rings. The number of nitrogens with zero attached hydrogens (tertiary/aromatic N) is 2. The zero-order chi connectivity index (χ0) is 15.5. The summed E-state index contributed by atoms with van der Waals surface area (Å²) < 4.78 is 1.87. The average molecular weight is 285 g/mol. The number of aromatic nitrogens is 2. The molecule has 1 unspecified atom stereocenters. The first kappa shape index (κ1) is 15.8. The van der Waals surface area contributed by atoms with E-state index < -0.39 is 0 Å². The minimum Gasteiger partial charge on any atom is -0.311 e. The van der Waals surface area contributed by atoms with E-state index in [-0.39, 0.29) is 5.54 Å². The van der Waals surface area contributed by atoms with Gasteiger partial charge in [-0.3, -0.25) is 4.68 Å². The van der Waals surface area contributed by atoms with Gasteiger partial charge in [0.25, 0.3) is 0 Å². The lowest BCUT2D eigenvalue weighted by molar-refractivity contribution is 0.404. The highest BCUT2D eigenvalue weighted by atomic mass is 15.2. The SMILES string of the molecule is Cc1cccc(C(CNC(C)(C)C)Cc2ccn(C)n2)c1. The Kier molecular flexibility index (Phi) is 4.84. The Labute approximate surface area is 128 Å². The Bertz CT molecular complexity index is 578. The molecule has 2 aromatic rings. The van der Waals surface area contributed by atoms with Crippen molar-refractivity contribution in [3.05, 3.63) is 53.3 Å². The van der Waals surface area contributed by atoms with E-state index in [4.69, 9.17) is 0 Å². The maximum Gasteiger partial charge on any atom is 0.0631 e. The summed E-state index contributed by atoms with van der Waals surface area (Å²) in [5.74, 6) is 0.444. The third-order valence-electron chi connectivity index (χ3n) is 3.62. The molecule has 0 saturated heterocycles. The van der Waals surface area contributed by atoms with Crippen LogP contribution in [0.3, 0.4) is 0 Å². The van der Waals surface area contributed by atoms with Gasteiger partial charge in [-0.15, -0.1) is 0 Å². The Morgan fingerprint density at radius 2 is 2.00 bits per heavy atom. The fourth-order valence-electron chi connectivity index (χ4n) is 2.49. The summed E-state index contributed by atoms with van der Waals surface area (Å²) in [7, 11) is 1.97. The number of nitrogens with one attached hydrogen (secondary N) is 1. The van der Waals surface area contributed by atoms with Crippen LogP contribution in [0.15, 0.2) is 36.5 Å². The van der Waals surface area contributed by atoms with Crippen LogP contribution in [0.2, 0.25) is 0 Å². The van der Waals surface area contributed by atoms with Crippen molar-refractivity contribution in [1.82, 2.24) is 15.1 Å². The molecule has 0 bridgehead atoms. The van der Waals surface area contributed by atoms with Crippen LogP contribution in [0.4, 0.5) is 0 Å². The summed E-state index contributed by atoms with van der Waals surface area (Å²) in [6.07, 6.45) is 2.98. The van der Waals surface area contributed by atoms with E-state index in [2.05, 4.69) is 68.4 Å². The predicted molar refractivity (Wildman–Crippen MR) is 88.6 cm³/mol. The van der Waals surface area contributed by atoms with E-state index in [1.807, 2.05) is 17.9 Å². The molecule has 2 rings (SSSR count). The van der Waals surface area contributed by atoms with Gasteiger partial charge in [0.05, 0.1) is 5.69 Å². The van der Waals surface area contributed by atoms with E-state index >= 15 is 0 Å². The first-order chi connectivity index (χ1) is 9.83. The van der Waals surface area contributed by atoms with Gasteiger partial charge < -0.3 is 5.32 Å². The molecule has 3 heteroatoms. The van der Waals surface area contributed by atoms with E-state index in [1.54, 1.807) is 0 Å². The maximum absolute atomic E-state index is 4.53. The molecule has 1 aromatic heterocycles. The molecule has 21 heavy (non-hydrogen) atoms. The standard InChI is InChI=1S/C18H27N3/c1-14-7-6-8-15(11-14)16(13-19-18(2,3)4)12-17-9-10-21(5)20-17/h6-11,16,19H,12-13H2,1-5H3. The number of benzene rings is 1. The Hall–Kier alpha value is -1.61. The highest BCUT2D eigenvalue weighted by Crippen LogP contribution is 2.21. The van der Waals surface area contributed by atoms with Gasteiger partial charge in [0.2, 0.25) is 0 Å². The number of hydrogen-bond acceptors (Lipinski definition) is 2. The highest BCUT2D eigenvalue weighted by Gasteiger charge is 2.17. The van der Waals surface area contributed by atoms with Crippen molar-refractivity contribution >= 4 is 0 Å². The number of rotatable bonds is 5. The zero-order valence-corrected chi connectivity index (χ0v) is 13.9. The molecule has 1 atom stereocenters. The van der Waals surface area contributed by atoms with Gasteiger partial charge in [0, 0.05) is 31.2 Å². The van der Waals surface area contributed by atoms with Crippen molar-refractivity contribution in [2.24, 2.45) is 7.05 Å². The third kappa shape index (κ3) is 5.01. The van der Waals surface area contributed by atoms with Crippen molar-refractivity contribution in [1.29, 1.82) is 0 Å². The van der Waals surface area contributed by atoms with Gasteiger partial charge in [0.15, 0.2) is 0 Å². The molecule has 1 aromatic carbocycles. The van der Waals surface area contributed by atoms with E-state index in [1.165, 1.54) is 11.1 Å². The summed E-state index contributed by atoms with van der Waals surface area (Å²) in [5, 5.41) is 8.16. The minimum atomic E-state index is 0.131. The first-order valence-corrected chi connectivity index (χ1v) is 7.63. The second-order valence-electron chi connectivity index (χ2n) is 6.93. The van der Waals surface area contributed by atoms with Crippen molar-refractivity contribution in [3.63, 3.8) is 0 Å². The lowest BCUT2D eigenvalue weighted by Gasteiger charge is -2.25. The molecular weight excluding hydrogens is 258 g/mol. The smallest absolute Gasteiger partial charge is 0.0631 e. The largest absolute Gasteiger partial charge is 0.311 e. The fourth-order valence-corrected chi connectivity index (χ4v) is 2.49. The fraction of sp³-hybridized carbons (Fsp3) is 0.500. The topological polar surface area (TPSA) is 29.9 Å². The molecule has 0 amide bonds. The van der Waals surface area contributed by atoms with Crippen molar-refractivity contribution in [2.45, 2.75) is 45.6 Å². The Morgan fingerprint density at radius 1 is 1.24 bits per heavy atom. The molecular formula is C18H27N3. The predicted octanol–water partition coefficient (Wildman–Crippen LogP) is 3.44. The molecule has 0 radical (unpaired) electrons. The molecule has 0 saturated carbocycles. The molecule has 0 aliphatic heterocycles. The second kappa shape index (κ2) is 6.44. The van der Waals surface area contributed by atoms with Crippen LogP contribution >= 0.6 is 0 Å². The quantitative estimate of drug-likeness (QED) is 0.912.